The van der Waals surface area contributed by atoms with E-state index in [0.717, 1.165) is 37.1 Å². The molecule has 12 heteroatoms. The number of halogens is 4. The summed E-state index contributed by atoms with van der Waals surface area (Å²) >= 11 is 0. The second-order valence-electron chi connectivity index (χ2n) is 7.41. The Balaban J connectivity index is 1.38. The van der Waals surface area contributed by atoms with E-state index in [0.29, 0.717) is 0 Å². The molecule has 1 aromatic heterocycles. The van der Waals surface area contributed by atoms with Crippen LogP contribution in [0.5, 0.6) is 11.6 Å². The van der Waals surface area contributed by atoms with Crippen molar-refractivity contribution in [2.24, 2.45) is 5.92 Å². The Morgan fingerprint density at radius 2 is 1.76 bits per heavy atom. The third-order valence-corrected chi connectivity index (χ3v) is 4.70. The molecule has 0 unspecified atom stereocenters. The van der Waals surface area contributed by atoms with Crippen molar-refractivity contribution >= 4 is 29.1 Å². The van der Waals surface area contributed by atoms with Gasteiger partial charge in [0.05, 0.1) is 11.3 Å². The highest BCUT2D eigenvalue weighted by molar-refractivity contribution is 5.99. The van der Waals surface area contributed by atoms with Crippen LogP contribution >= 0.6 is 0 Å². The standard InChI is InChI=1S/C22H17F4N5O3/c23-16-9-15(34-19-10-18(27-11-28-19)31-20(32)12-4-5-12)6-7-17(16)30-21(33)29-14-3-1-2-13(8-14)22(24,25)26/h1-3,6-12H,4-5H2,(H2,29,30,33)(H,27,28,31,32). The van der Waals surface area contributed by atoms with E-state index in [1.165, 1.54) is 30.6 Å². The summed E-state index contributed by atoms with van der Waals surface area (Å²) in [5.74, 6) is -0.656. The molecule has 2 aromatic carbocycles. The van der Waals surface area contributed by atoms with Gasteiger partial charge in [0.1, 0.15) is 23.7 Å². The molecule has 0 radical (unpaired) electrons. The van der Waals surface area contributed by atoms with Crippen LogP contribution in [0.25, 0.3) is 0 Å². The molecule has 3 amide bonds. The topological polar surface area (TPSA) is 105 Å². The number of benzene rings is 2. The van der Waals surface area contributed by atoms with E-state index < -0.39 is 23.6 Å². The maximum Gasteiger partial charge on any atom is 0.416 e. The predicted molar refractivity (Wildman–Crippen MR) is 114 cm³/mol. The molecular weight excluding hydrogens is 458 g/mol. The minimum absolute atomic E-state index is 0.0146. The van der Waals surface area contributed by atoms with Crippen LogP contribution in [-0.2, 0) is 11.0 Å². The lowest BCUT2D eigenvalue weighted by Crippen LogP contribution is -2.20. The first-order chi connectivity index (χ1) is 16.2. The van der Waals surface area contributed by atoms with Gasteiger partial charge in [-0.3, -0.25) is 4.79 Å². The lowest BCUT2D eigenvalue weighted by molar-refractivity contribution is -0.137. The van der Waals surface area contributed by atoms with Gasteiger partial charge >= 0.3 is 12.2 Å². The molecule has 3 N–H and O–H groups in total. The zero-order valence-electron chi connectivity index (χ0n) is 17.3. The van der Waals surface area contributed by atoms with Gasteiger partial charge in [-0.1, -0.05) is 6.07 Å². The number of nitrogens with one attached hydrogen (secondary N) is 3. The number of carbonyl (C=O) groups is 2. The molecule has 34 heavy (non-hydrogen) atoms. The Morgan fingerprint density at radius 3 is 2.47 bits per heavy atom. The third-order valence-electron chi connectivity index (χ3n) is 4.70. The van der Waals surface area contributed by atoms with Gasteiger partial charge in [-0.15, -0.1) is 0 Å². The quantitative estimate of drug-likeness (QED) is 0.413. The van der Waals surface area contributed by atoms with Gasteiger partial charge in [0.2, 0.25) is 11.8 Å². The van der Waals surface area contributed by atoms with Crippen LogP contribution < -0.4 is 20.7 Å². The van der Waals surface area contributed by atoms with Gasteiger partial charge in [0.25, 0.3) is 0 Å². The summed E-state index contributed by atoms with van der Waals surface area (Å²) in [6, 6.07) is 8.04. The Bertz CT molecular complexity index is 1230. The molecule has 1 aliphatic carbocycles. The van der Waals surface area contributed by atoms with Crippen molar-refractivity contribution in [2.45, 2.75) is 19.0 Å². The highest BCUT2D eigenvalue weighted by Crippen LogP contribution is 2.32. The molecule has 0 bridgehead atoms. The molecule has 3 aromatic rings. The smallest absolute Gasteiger partial charge is 0.416 e. The average molecular weight is 475 g/mol. The number of anilines is 3. The lowest BCUT2D eigenvalue weighted by Gasteiger charge is -2.12. The van der Waals surface area contributed by atoms with Crippen molar-refractivity contribution < 1.29 is 31.9 Å². The fourth-order valence-electron chi connectivity index (χ4n) is 2.88. The Labute approximate surface area is 190 Å². The number of ether oxygens (including phenoxy) is 1. The molecule has 4 rings (SSSR count). The number of alkyl halides is 3. The molecule has 1 aliphatic rings. The van der Waals surface area contributed by atoms with Crippen molar-refractivity contribution in [1.82, 2.24) is 9.97 Å². The number of hydrogen-bond donors (Lipinski definition) is 3. The summed E-state index contributed by atoms with van der Waals surface area (Å²) in [6.07, 6.45) is -1.72. The second kappa shape index (κ2) is 9.33. The van der Waals surface area contributed by atoms with E-state index in [1.54, 1.807) is 0 Å². The van der Waals surface area contributed by atoms with Gasteiger partial charge < -0.3 is 20.7 Å². The Hall–Kier alpha value is -4.22. The van der Waals surface area contributed by atoms with Crippen molar-refractivity contribution in [2.75, 3.05) is 16.0 Å². The number of amides is 3. The second-order valence-corrected chi connectivity index (χ2v) is 7.41. The highest BCUT2D eigenvalue weighted by Gasteiger charge is 2.31. The fraction of sp³-hybridized carbons (Fsp3) is 0.182. The van der Waals surface area contributed by atoms with Crippen LogP contribution in [0.2, 0.25) is 0 Å². The van der Waals surface area contributed by atoms with Crippen LogP contribution in [-0.4, -0.2) is 21.9 Å². The first-order valence-electron chi connectivity index (χ1n) is 10.0. The van der Waals surface area contributed by atoms with Gasteiger partial charge in [-0.05, 0) is 43.2 Å². The number of carbonyl (C=O) groups excluding carboxylic acids is 2. The van der Waals surface area contributed by atoms with E-state index in [4.69, 9.17) is 4.74 Å². The molecular formula is C22H17F4N5O3. The van der Waals surface area contributed by atoms with Gasteiger partial charge in [-0.2, -0.15) is 13.2 Å². The van der Waals surface area contributed by atoms with Crippen LogP contribution in [0.4, 0.5) is 39.5 Å². The summed E-state index contributed by atoms with van der Waals surface area (Å²) in [7, 11) is 0. The number of hydrogen-bond acceptors (Lipinski definition) is 5. The Kier molecular flexibility index (Phi) is 6.30. The number of rotatable bonds is 6. The number of urea groups is 1. The van der Waals surface area contributed by atoms with E-state index in [2.05, 4.69) is 25.9 Å². The maximum absolute atomic E-state index is 14.5. The average Bonchev–Trinajstić information content (AvgIpc) is 3.61. The minimum atomic E-state index is -4.57. The van der Waals surface area contributed by atoms with Crippen LogP contribution in [0.1, 0.15) is 18.4 Å². The summed E-state index contributed by atoms with van der Waals surface area (Å²) in [6.45, 7) is 0. The van der Waals surface area contributed by atoms with Crippen LogP contribution in [0.15, 0.2) is 54.9 Å². The highest BCUT2D eigenvalue weighted by atomic mass is 19.4. The van der Waals surface area contributed by atoms with Gasteiger partial charge in [0.15, 0.2) is 0 Å². The third kappa shape index (κ3) is 5.97. The van der Waals surface area contributed by atoms with E-state index in [-0.39, 0.29) is 40.6 Å². The molecule has 0 spiro atoms. The molecule has 0 atom stereocenters. The first kappa shape index (κ1) is 23.0. The molecule has 1 heterocycles. The zero-order chi connectivity index (χ0) is 24.3. The van der Waals surface area contributed by atoms with Gasteiger partial charge in [0, 0.05) is 23.7 Å². The van der Waals surface area contributed by atoms with E-state index in [9.17, 15) is 27.2 Å². The zero-order valence-corrected chi connectivity index (χ0v) is 17.3. The van der Waals surface area contributed by atoms with Crippen molar-refractivity contribution in [1.29, 1.82) is 0 Å². The van der Waals surface area contributed by atoms with Crippen molar-refractivity contribution in [3.8, 4) is 11.6 Å². The SMILES string of the molecule is O=C(Nc1cccc(C(F)(F)F)c1)Nc1ccc(Oc2cc(NC(=O)C3CC3)ncn2)cc1F. The molecule has 0 aliphatic heterocycles. The van der Waals surface area contributed by atoms with Crippen LogP contribution in [0, 0.1) is 11.7 Å². The maximum atomic E-state index is 14.5. The van der Waals surface area contributed by atoms with Crippen molar-refractivity contribution in [3.63, 3.8) is 0 Å². The number of nitrogens with zero attached hydrogens (tertiary/aromatic N) is 2. The molecule has 176 valence electrons. The normalized spacial score (nSPS) is 13.2. The summed E-state index contributed by atoms with van der Waals surface area (Å²) in [5.41, 5.74) is -1.27. The molecule has 0 saturated heterocycles. The van der Waals surface area contributed by atoms with Crippen molar-refractivity contribution in [3.05, 3.63) is 66.2 Å². The summed E-state index contributed by atoms with van der Waals surface area (Å²) < 4.78 is 58.3. The molecule has 1 fully saturated rings. The fourth-order valence-corrected chi connectivity index (χ4v) is 2.88. The summed E-state index contributed by atoms with van der Waals surface area (Å²) in [5, 5.41) is 7.08. The van der Waals surface area contributed by atoms with Crippen LogP contribution in [0.3, 0.4) is 0 Å². The lowest BCUT2D eigenvalue weighted by atomic mass is 10.2. The largest absolute Gasteiger partial charge is 0.439 e. The first-order valence-corrected chi connectivity index (χ1v) is 10.0. The number of aromatic nitrogens is 2. The molecule has 8 nitrogen and oxygen atoms in total. The van der Waals surface area contributed by atoms with Gasteiger partial charge in [-0.25, -0.2) is 19.2 Å². The molecule has 1 saturated carbocycles. The summed E-state index contributed by atoms with van der Waals surface area (Å²) in [4.78, 5) is 31.8. The monoisotopic (exact) mass is 475 g/mol. The minimum Gasteiger partial charge on any atom is -0.439 e. The predicted octanol–water partition coefficient (Wildman–Crippen LogP) is 5.42. The van der Waals surface area contributed by atoms with E-state index >= 15 is 0 Å². The van der Waals surface area contributed by atoms with E-state index in [1.807, 2.05) is 0 Å². The Morgan fingerprint density at radius 1 is 0.971 bits per heavy atom.